The molecule has 4 nitrogen and oxygen atoms in total. The molecule has 1 unspecified atom stereocenters. The van der Waals surface area contributed by atoms with E-state index in [9.17, 15) is 9.59 Å². The second kappa shape index (κ2) is 7.90. The van der Waals surface area contributed by atoms with Crippen LogP contribution in [-0.2, 0) is 9.59 Å². The van der Waals surface area contributed by atoms with Gasteiger partial charge in [-0.15, -0.1) is 0 Å². The number of imide groups is 1. The van der Waals surface area contributed by atoms with E-state index in [1.54, 1.807) is 6.08 Å². The first kappa shape index (κ1) is 17.1. The Morgan fingerprint density at radius 3 is 2.36 bits per heavy atom. The van der Waals surface area contributed by atoms with Gasteiger partial charge in [0, 0.05) is 12.6 Å². The molecule has 0 spiro atoms. The number of carbonyl (C=O) groups is 2. The Kier molecular flexibility index (Phi) is 5.41. The van der Waals surface area contributed by atoms with Gasteiger partial charge in [-0.05, 0) is 23.6 Å². The first-order valence-corrected chi connectivity index (χ1v) is 8.62. The topological polar surface area (TPSA) is 40.6 Å². The Morgan fingerprint density at radius 1 is 1.08 bits per heavy atom. The Balaban J connectivity index is 1.82. The zero-order chi connectivity index (χ0) is 17.6. The number of rotatable bonds is 5. The van der Waals surface area contributed by atoms with Crippen LogP contribution in [0.25, 0.3) is 6.08 Å². The first-order chi connectivity index (χ1) is 12.2. The van der Waals surface area contributed by atoms with Crippen LogP contribution in [0.1, 0.15) is 36.9 Å². The quantitative estimate of drug-likeness (QED) is 0.780. The minimum absolute atomic E-state index is 0.0808. The molecule has 128 valence electrons. The number of carbonyl (C=O) groups excluding carboxylic acids is 2. The maximum absolute atomic E-state index is 12.7. The minimum Gasteiger partial charge on any atom is -0.273 e. The summed E-state index contributed by atoms with van der Waals surface area (Å²) >= 11 is 0. The van der Waals surface area contributed by atoms with Gasteiger partial charge in [0.15, 0.2) is 0 Å². The van der Waals surface area contributed by atoms with Crippen LogP contribution >= 0.6 is 0 Å². The molecule has 3 rings (SSSR count). The fraction of sp³-hybridized carbons (Fsp3) is 0.238. The molecule has 0 aliphatic carbocycles. The summed E-state index contributed by atoms with van der Waals surface area (Å²) in [6, 6.07) is 19.4. The van der Waals surface area contributed by atoms with E-state index in [4.69, 9.17) is 0 Å². The van der Waals surface area contributed by atoms with Gasteiger partial charge >= 0.3 is 0 Å². The molecule has 25 heavy (non-hydrogen) atoms. The van der Waals surface area contributed by atoms with Crippen LogP contribution in [0.5, 0.6) is 0 Å². The van der Waals surface area contributed by atoms with E-state index >= 15 is 0 Å². The van der Waals surface area contributed by atoms with Crippen LogP contribution < -0.4 is 0 Å². The van der Waals surface area contributed by atoms with Crippen LogP contribution in [-0.4, -0.2) is 28.4 Å². The lowest BCUT2D eigenvalue weighted by Gasteiger charge is -2.29. The van der Waals surface area contributed by atoms with Crippen molar-refractivity contribution in [3.63, 3.8) is 0 Å². The molecule has 0 bridgehead atoms. The van der Waals surface area contributed by atoms with Gasteiger partial charge in [-0.2, -0.15) is 0 Å². The van der Waals surface area contributed by atoms with Gasteiger partial charge in [0.2, 0.25) is 5.91 Å². The average Bonchev–Trinajstić information content (AvgIpc) is 2.98. The van der Waals surface area contributed by atoms with Crippen molar-refractivity contribution >= 4 is 17.9 Å². The highest BCUT2D eigenvalue weighted by Gasteiger charge is 2.40. The van der Waals surface area contributed by atoms with E-state index in [-0.39, 0.29) is 17.9 Å². The normalized spacial score (nSPS) is 18.2. The lowest BCUT2D eigenvalue weighted by Crippen LogP contribution is -2.43. The number of hydrogen-bond acceptors (Lipinski definition) is 3. The summed E-state index contributed by atoms with van der Waals surface area (Å²) in [4.78, 5) is 25.2. The molecular weight excluding hydrogens is 312 g/mol. The molecule has 0 saturated carbocycles. The lowest BCUT2D eigenvalue weighted by molar-refractivity contribution is -0.153. The second-order valence-electron chi connectivity index (χ2n) is 6.08. The van der Waals surface area contributed by atoms with E-state index in [1.165, 1.54) is 11.1 Å². The minimum atomic E-state index is -0.291. The van der Waals surface area contributed by atoms with E-state index < -0.39 is 0 Å². The highest BCUT2D eigenvalue weighted by Crippen LogP contribution is 2.33. The summed E-state index contributed by atoms with van der Waals surface area (Å²) in [6.45, 7) is 2.71. The third kappa shape index (κ3) is 3.86. The third-order valence-corrected chi connectivity index (χ3v) is 4.28. The van der Waals surface area contributed by atoms with Crippen LogP contribution in [0.2, 0.25) is 0 Å². The van der Waals surface area contributed by atoms with Crippen LogP contribution in [0, 0.1) is 0 Å². The fourth-order valence-corrected chi connectivity index (χ4v) is 3.14. The van der Waals surface area contributed by atoms with Crippen molar-refractivity contribution in [2.45, 2.75) is 25.8 Å². The Hall–Kier alpha value is -2.72. The fourth-order valence-electron chi connectivity index (χ4n) is 3.14. The molecule has 1 fully saturated rings. The predicted octanol–water partition coefficient (Wildman–Crippen LogP) is 3.83. The van der Waals surface area contributed by atoms with Crippen molar-refractivity contribution < 1.29 is 9.59 Å². The SMILES string of the molecule is CCCN1C(c2ccccc2)CC(=O)N1C(=O)/C=C/c1ccccc1. The summed E-state index contributed by atoms with van der Waals surface area (Å²) in [5, 5.41) is 3.20. The predicted molar refractivity (Wildman–Crippen MR) is 98.1 cm³/mol. The highest BCUT2D eigenvalue weighted by molar-refractivity contribution is 6.03. The highest BCUT2D eigenvalue weighted by atomic mass is 16.2. The summed E-state index contributed by atoms with van der Waals surface area (Å²) in [5.74, 6) is -0.439. The Morgan fingerprint density at radius 2 is 1.72 bits per heavy atom. The first-order valence-electron chi connectivity index (χ1n) is 8.62. The van der Waals surface area contributed by atoms with E-state index in [1.807, 2.05) is 72.6 Å². The summed E-state index contributed by atoms with van der Waals surface area (Å²) < 4.78 is 0. The van der Waals surface area contributed by atoms with Crippen molar-refractivity contribution in [2.24, 2.45) is 0 Å². The second-order valence-corrected chi connectivity index (χ2v) is 6.08. The van der Waals surface area contributed by atoms with Gasteiger partial charge in [0.05, 0.1) is 12.5 Å². The van der Waals surface area contributed by atoms with E-state index in [0.29, 0.717) is 13.0 Å². The standard InChI is InChI=1S/C21H22N2O2/c1-2-15-22-19(18-11-7-4-8-12-18)16-21(25)23(22)20(24)14-13-17-9-5-3-6-10-17/h3-14,19H,2,15-16H2,1H3/b14-13+. The van der Waals surface area contributed by atoms with Crippen LogP contribution in [0.4, 0.5) is 0 Å². The van der Waals surface area contributed by atoms with Gasteiger partial charge in [0.1, 0.15) is 0 Å². The van der Waals surface area contributed by atoms with Crippen LogP contribution in [0.15, 0.2) is 66.7 Å². The van der Waals surface area contributed by atoms with Crippen molar-refractivity contribution in [3.05, 3.63) is 77.9 Å². The maximum Gasteiger partial charge on any atom is 0.268 e. The van der Waals surface area contributed by atoms with Gasteiger partial charge in [-0.25, -0.2) is 10.0 Å². The summed E-state index contributed by atoms with van der Waals surface area (Å²) in [6.07, 6.45) is 4.41. The maximum atomic E-state index is 12.7. The average molecular weight is 334 g/mol. The molecule has 1 heterocycles. The Labute approximate surface area is 148 Å². The summed E-state index contributed by atoms with van der Waals surface area (Å²) in [7, 11) is 0. The molecule has 0 N–H and O–H groups in total. The molecule has 2 aromatic rings. The number of amides is 2. The molecule has 1 aliphatic rings. The number of benzene rings is 2. The monoisotopic (exact) mass is 334 g/mol. The van der Waals surface area contributed by atoms with Gasteiger partial charge in [-0.1, -0.05) is 67.6 Å². The van der Waals surface area contributed by atoms with Crippen molar-refractivity contribution in [2.75, 3.05) is 6.54 Å². The molecule has 2 aromatic carbocycles. The van der Waals surface area contributed by atoms with Gasteiger partial charge < -0.3 is 0 Å². The molecule has 1 saturated heterocycles. The van der Waals surface area contributed by atoms with Gasteiger partial charge in [-0.3, -0.25) is 9.59 Å². The van der Waals surface area contributed by atoms with Gasteiger partial charge in [0.25, 0.3) is 5.91 Å². The lowest BCUT2D eigenvalue weighted by atomic mass is 10.0. The third-order valence-electron chi connectivity index (χ3n) is 4.28. The number of hydrogen-bond donors (Lipinski definition) is 0. The van der Waals surface area contributed by atoms with Crippen molar-refractivity contribution in [1.82, 2.24) is 10.0 Å². The largest absolute Gasteiger partial charge is 0.273 e. The molecule has 1 aliphatic heterocycles. The van der Waals surface area contributed by atoms with E-state index in [2.05, 4.69) is 0 Å². The number of nitrogens with zero attached hydrogens (tertiary/aromatic N) is 2. The molecule has 4 heteroatoms. The molecule has 0 aromatic heterocycles. The van der Waals surface area contributed by atoms with Crippen LogP contribution in [0.3, 0.4) is 0 Å². The zero-order valence-electron chi connectivity index (χ0n) is 14.3. The molecule has 1 atom stereocenters. The smallest absolute Gasteiger partial charge is 0.268 e. The molecule has 0 radical (unpaired) electrons. The summed E-state index contributed by atoms with van der Waals surface area (Å²) in [5.41, 5.74) is 2.00. The van der Waals surface area contributed by atoms with E-state index in [0.717, 1.165) is 17.5 Å². The molecular formula is C21H22N2O2. The Bertz CT molecular complexity index is 756. The molecule has 2 amide bonds. The zero-order valence-corrected chi connectivity index (χ0v) is 14.3. The number of hydrazine groups is 1. The van der Waals surface area contributed by atoms with Crippen molar-refractivity contribution in [3.8, 4) is 0 Å². The van der Waals surface area contributed by atoms with Crippen molar-refractivity contribution in [1.29, 1.82) is 0 Å².